The molecule has 4 aliphatic rings. The van der Waals surface area contributed by atoms with Gasteiger partial charge >= 0.3 is 0 Å². The van der Waals surface area contributed by atoms with Gasteiger partial charge in [-0.3, -0.25) is 0 Å². The summed E-state index contributed by atoms with van der Waals surface area (Å²) < 4.78 is 22.5. The summed E-state index contributed by atoms with van der Waals surface area (Å²) in [5.74, 6) is 0. The number of fused-ring (bicyclic) bond motifs is 2. The predicted molar refractivity (Wildman–Crippen MR) is 85.5 cm³/mol. The first kappa shape index (κ1) is 18.3. The molecule has 0 saturated carbocycles. The monoisotopic (exact) mass is 412 g/mol. The fraction of sp³-hybridized carbons (Fsp3) is 1.00. The van der Waals surface area contributed by atoms with Crippen molar-refractivity contribution >= 4 is 21.6 Å². The van der Waals surface area contributed by atoms with E-state index in [-0.39, 0.29) is 35.9 Å². The molecule has 4 heterocycles. The van der Waals surface area contributed by atoms with Crippen molar-refractivity contribution in [2.24, 2.45) is 0 Å². The Bertz CT molecular complexity index is 522. The van der Waals surface area contributed by atoms with Crippen LogP contribution in [0.25, 0.3) is 0 Å². The molecule has 0 aliphatic carbocycles. The van der Waals surface area contributed by atoms with Gasteiger partial charge in [-0.25, -0.2) is 0 Å². The molecule has 4 rings (SSSR count). The van der Waals surface area contributed by atoms with Gasteiger partial charge in [0.15, 0.2) is 12.2 Å². The standard InChI is InChI=1S/C12H16N2O10S2/c15-13(16)23-5-1-19-11-7(3-21-9(5)11)25-26-8-4-22-10-6(24-14(17)18)2-20-12(8)10/h5-12H,1-4H2/t5-,6-,7+,8+,9?,10?,11?,12?/m1/s1. The molecule has 8 atom stereocenters. The first-order valence-corrected chi connectivity index (χ1v) is 10.2. The first-order valence-electron chi connectivity index (χ1n) is 7.94. The molecular weight excluding hydrogens is 396 g/mol. The Kier molecular flexibility index (Phi) is 5.29. The quantitative estimate of drug-likeness (QED) is 0.312. The zero-order valence-corrected chi connectivity index (χ0v) is 14.9. The van der Waals surface area contributed by atoms with E-state index in [1.165, 1.54) is 0 Å². The maximum absolute atomic E-state index is 10.5. The fourth-order valence-electron chi connectivity index (χ4n) is 3.57. The zero-order chi connectivity index (χ0) is 18.3. The highest BCUT2D eigenvalue weighted by molar-refractivity contribution is 8.77. The Morgan fingerprint density at radius 1 is 0.692 bits per heavy atom. The summed E-state index contributed by atoms with van der Waals surface area (Å²) in [4.78, 5) is 30.2. The lowest BCUT2D eigenvalue weighted by molar-refractivity contribution is -0.769. The summed E-state index contributed by atoms with van der Waals surface area (Å²) >= 11 is 0. The van der Waals surface area contributed by atoms with Crippen LogP contribution in [0.4, 0.5) is 0 Å². The molecule has 4 fully saturated rings. The van der Waals surface area contributed by atoms with Crippen molar-refractivity contribution < 1.29 is 38.8 Å². The summed E-state index contributed by atoms with van der Waals surface area (Å²) in [6.45, 7) is 1.05. The molecule has 0 amide bonds. The van der Waals surface area contributed by atoms with Gasteiger partial charge in [-0.2, -0.15) is 0 Å². The largest absolute Gasteiger partial charge is 0.372 e. The average Bonchev–Trinajstić information content (AvgIpc) is 3.30. The molecule has 4 aliphatic heterocycles. The maximum atomic E-state index is 10.5. The topological polar surface area (TPSA) is 142 Å². The highest BCUT2D eigenvalue weighted by Crippen LogP contribution is 2.45. The lowest BCUT2D eigenvalue weighted by Gasteiger charge is -2.19. The third-order valence-corrected chi connectivity index (χ3v) is 7.90. The number of hydrogen-bond acceptors (Lipinski definition) is 12. The van der Waals surface area contributed by atoms with Crippen molar-refractivity contribution in [3.8, 4) is 0 Å². The number of nitrogens with zero attached hydrogens (tertiary/aromatic N) is 2. The normalized spacial score (nSPS) is 43.8. The second-order valence-corrected chi connectivity index (χ2v) is 8.95. The number of ether oxygens (including phenoxy) is 4. The third kappa shape index (κ3) is 3.53. The maximum Gasteiger partial charge on any atom is 0.294 e. The van der Waals surface area contributed by atoms with Crippen molar-refractivity contribution in [3.63, 3.8) is 0 Å². The van der Waals surface area contributed by atoms with E-state index in [1.807, 2.05) is 0 Å². The molecule has 4 saturated heterocycles. The van der Waals surface area contributed by atoms with Crippen molar-refractivity contribution in [2.45, 2.75) is 47.1 Å². The van der Waals surface area contributed by atoms with Gasteiger partial charge in [-0.15, -0.1) is 20.2 Å². The Morgan fingerprint density at radius 3 is 1.46 bits per heavy atom. The van der Waals surface area contributed by atoms with Crippen molar-refractivity contribution in [1.82, 2.24) is 0 Å². The highest BCUT2D eigenvalue weighted by Gasteiger charge is 2.52. The van der Waals surface area contributed by atoms with Crippen LogP contribution in [-0.2, 0) is 28.6 Å². The van der Waals surface area contributed by atoms with Gasteiger partial charge in [0.25, 0.3) is 10.2 Å². The minimum atomic E-state index is -0.828. The SMILES string of the molecule is O=[N+]([O-])O[C@@H]1COC2C1OC[C@@H]2SS[C@H]1COC2C1OC[C@H]2O[N+](=O)[O-]. The van der Waals surface area contributed by atoms with Gasteiger partial charge < -0.3 is 28.6 Å². The van der Waals surface area contributed by atoms with Crippen LogP contribution in [-0.4, -0.2) is 83.7 Å². The minimum absolute atomic E-state index is 0.00312. The zero-order valence-electron chi connectivity index (χ0n) is 13.2. The van der Waals surface area contributed by atoms with Crippen LogP contribution in [0.1, 0.15) is 0 Å². The van der Waals surface area contributed by atoms with Gasteiger partial charge in [-0.05, 0) is 0 Å². The van der Waals surface area contributed by atoms with E-state index in [0.29, 0.717) is 13.2 Å². The predicted octanol–water partition coefficient (Wildman–Crippen LogP) is -0.146. The second-order valence-electron chi connectivity index (χ2n) is 6.20. The van der Waals surface area contributed by atoms with Gasteiger partial charge in [0.1, 0.15) is 24.4 Å². The van der Waals surface area contributed by atoms with Crippen LogP contribution in [0.3, 0.4) is 0 Å². The molecule has 0 spiro atoms. The summed E-state index contributed by atoms with van der Waals surface area (Å²) in [6.07, 6.45) is -2.86. The van der Waals surface area contributed by atoms with E-state index < -0.39 is 34.6 Å². The molecule has 14 heteroatoms. The molecular formula is C12H16N2O10S2. The number of rotatable bonds is 7. The van der Waals surface area contributed by atoms with Crippen molar-refractivity contribution in [3.05, 3.63) is 20.2 Å². The van der Waals surface area contributed by atoms with Gasteiger partial charge in [0, 0.05) is 0 Å². The smallest absolute Gasteiger partial charge is 0.294 e. The van der Waals surface area contributed by atoms with Crippen LogP contribution in [0.2, 0.25) is 0 Å². The summed E-state index contributed by atoms with van der Waals surface area (Å²) in [7, 11) is 3.10. The number of hydrogen-bond donors (Lipinski definition) is 0. The second kappa shape index (κ2) is 7.52. The van der Waals surface area contributed by atoms with Crippen molar-refractivity contribution in [2.75, 3.05) is 26.4 Å². The molecule has 0 aromatic heterocycles. The molecule has 12 nitrogen and oxygen atoms in total. The van der Waals surface area contributed by atoms with E-state index in [2.05, 4.69) is 9.68 Å². The van der Waals surface area contributed by atoms with E-state index in [9.17, 15) is 20.2 Å². The van der Waals surface area contributed by atoms with Crippen LogP contribution in [0.15, 0.2) is 0 Å². The molecule has 0 aromatic rings. The van der Waals surface area contributed by atoms with E-state index >= 15 is 0 Å². The fourth-order valence-corrected chi connectivity index (χ4v) is 6.65. The van der Waals surface area contributed by atoms with Crippen LogP contribution < -0.4 is 0 Å². The van der Waals surface area contributed by atoms with Gasteiger partial charge in [-0.1, -0.05) is 21.6 Å². The molecule has 0 bridgehead atoms. The Morgan fingerprint density at radius 2 is 1.08 bits per heavy atom. The average molecular weight is 412 g/mol. The van der Waals surface area contributed by atoms with E-state index in [0.717, 1.165) is 0 Å². The van der Waals surface area contributed by atoms with Crippen LogP contribution in [0, 0.1) is 20.2 Å². The van der Waals surface area contributed by atoms with Crippen LogP contribution >= 0.6 is 21.6 Å². The summed E-state index contributed by atoms with van der Waals surface area (Å²) in [5, 5.41) is 19.4. The Balaban J connectivity index is 1.27. The molecule has 146 valence electrons. The highest BCUT2D eigenvalue weighted by atomic mass is 33.1. The minimum Gasteiger partial charge on any atom is -0.372 e. The Labute approximate surface area is 154 Å². The molecule has 0 aromatic carbocycles. The van der Waals surface area contributed by atoms with Gasteiger partial charge in [0.05, 0.1) is 36.9 Å². The summed E-state index contributed by atoms with van der Waals surface area (Å²) in [6, 6.07) is 0. The van der Waals surface area contributed by atoms with E-state index in [1.54, 1.807) is 21.6 Å². The van der Waals surface area contributed by atoms with Gasteiger partial charge in [0.2, 0.25) is 0 Å². The molecule has 4 unspecified atom stereocenters. The van der Waals surface area contributed by atoms with Crippen LogP contribution in [0.5, 0.6) is 0 Å². The molecule has 0 radical (unpaired) electrons. The molecule has 0 N–H and O–H groups in total. The third-order valence-electron chi connectivity index (χ3n) is 4.67. The first-order chi connectivity index (χ1) is 12.5. The summed E-state index contributed by atoms with van der Waals surface area (Å²) in [5.41, 5.74) is 0. The van der Waals surface area contributed by atoms with Crippen molar-refractivity contribution in [1.29, 1.82) is 0 Å². The lowest BCUT2D eigenvalue weighted by Crippen LogP contribution is -2.34. The molecule has 26 heavy (non-hydrogen) atoms. The lowest BCUT2D eigenvalue weighted by atomic mass is 10.1. The Hall–Kier alpha value is -1.06. The van der Waals surface area contributed by atoms with E-state index in [4.69, 9.17) is 18.9 Å².